The monoisotopic (exact) mass is 462 g/mol. The van der Waals surface area contributed by atoms with E-state index >= 15 is 0 Å². The van der Waals surface area contributed by atoms with Gasteiger partial charge in [0.15, 0.2) is 5.76 Å². The fourth-order valence-corrected chi connectivity index (χ4v) is 5.36. The molecule has 5 heterocycles. The zero-order valence-corrected chi connectivity index (χ0v) is 18.6. The highest BCUT2D eigenvalue weighted by Crippen LogP contribution is 2.36. The molecular formula is C25H26N4O5. The number of carbonyl (C=O) groups is 1. The summed E-state index contributed by atoms with van der Waals surface area (Å²) >= 11 is 0. The number of aromatic hydroxyl groups is 1. The van der Waals surface area contributed by atoms with Gasteiger partial charge in [-0.25, -0.2) is 0 Å². The summed E-state index contributed by atoms with van der Waals surface area (Å²) < 4.78 is 7.91. The first kappa shape index (κ1) is 22.1. The minimum absolute atomic E-state index is 0.0170. The molecule has 2 aliphatic heterocycles. The molecule has 0 aromatic carbocycles. The summed E-state index contributed by atoms with van der Waals surface area (Å²) in [4.78, 5) is 42.9. The molecule has 2 bridgehead atoms. The van der Waals surface area contributed by atoms with Gasteiger partial charge in [0.25, 0.3) is 5.56 Å². The lowest BCUT2D eigenvalue weighted by Gasteiger charge is -2.42. The van der Waals surface area contributed by atoms with Crippen LogP contribution in [-0.4, -0.2) is 38.6 Å². The van der Waals surface area contributed by atoms with Gasteiger partial charge < -0.3 is 19.8 Å². The molecule has 1 fully saturated rings. The van der Waals surface area contributed by atoms with Crippen LogP contribution in [-0.2, 0) is 17.9 Å². The maximum absolute atomic E-state index is 12.6. The molecule has 5 rings (SSSR count). The van der Waals surface area contributed by atoms with Gasteiger partial charge in [0.2, 0.25) is 17.1 Å². The molecule has 0 saturated carbocycles. The number of hydrogen-bond donors (Lipinski definition) is 2. The molecule has 9 heteroatoms. The maximum atomic E-state index is 12.6. The van der Waals surface area contributed by atoms with Crippen LogP contribution in [0.2, 0.25) is 0 Å². The molecular weight excluding hydrogens is 436 g/mol. The topological polar surface area (TPSA) is 132 Å². The van der Waals surface area contributed by atoms with Crippen molar-refractivity contribution in [2.75, 3.05) is 13.1 Å². The molecule has 1 saturated heterocycles. The van der Waals surface area contributed by atoms with Crippen molar-refractivity contribution < 1.29 is 14.3 Å². The van der Waals surface area contributed by atoms with Crippen LogP contribution in [0.15, 0.2) is 62.8 Å². The third kappa shape index (κ3) is 4.26. The van der Waals surface area contributed by atoms with Crippen LogP contribution in [0.3, 0.4) is 0 Å². The molecule has 3 aromatic rings. The van der Waals surface area contributed by atoms with Gasteiger partial charge in [0.1, 0.15) is 5.76 Å². The zero-order valence-electron chi connectivity index (χ0n) is 18.6. The van der Waals surface area contributed by atoms with Crippen LogP contribution < -0.4 is 16.7 Å². The molecule has 2 aliphatic rings. The largest absolute Gasteiger partial charge is 0.502 e. The van der Waals surface area contributed by atoms with Crippen molar-refractivity contribution in [1.82, 2.24) is 14.5 Å². The Morgan fingerprint density at radius 3 is 2.82 bits per heavy atom. The van der Waals surface area contributed by atoms with E-state index in [9.17, 15) is 19.5 Å². The highest BCUT2D eigenvalue weighted by atomic mass is 16.4. The Hall–Kier alpha value is -3.72. The van der Waals surface area contributed by atoms with E-state index in [0.717, 1.165) is 25.2 Å². The normalized spacial score (nSPS) is 20.5. The fraction of sp³-hybridized carbons (Fsp3) is 0.360. The van der Waals surface area contributed by atoms with Crippen LogP contribution >= 0.6 is 0 Å². The second kappa shape index (κ2) is 8.90. The summed E-state index contributed by atoms with van der Waals surface area (Å²) in [6, 6.07) is 10.2. The maximum Gasteiger partial charge on any atom is 0.250 e. The molecule has 34 heavy (non-hydrogen) atoms. The van der Waals surface area contributed by atoms with Gasteiger partial charge in [-0.3, -0.25) is 24.3 Å². The quantitative estimate of drug-likeness (QED) is 0.568. The SMILES string of the molecule is NC(=O)C[C@H](c1cccnc1)c1oc(CN2C[C@@H]3C[C@H](C2)c2cccc(=O)n2C3)cc(=O)c1O. The van der Waals surface area contributed by atoms with Crippen molar-refractivity contribution in [2.24, 2.45) is 11.7 Å². The average molecular weight is 463 g/mol. The number of nitrogens with two attached hydrogens (primary N) is 1. The lowest BCUT2D eigenvalue weighted by Crippen LogP contribution is -2.46. The van der Waals surface area contributed by atoms with Crippen LogP contribution in [0.1, 0.15) is 47.5 Å². The first-order valence-electron chi connectivity index (χ1n) is 11.3. The minimum atomic E-state index is -0.724. The summed E-state index contributed by atoms with van der Waals surface area (Å²) in [7, 11) is 0. The molecule has 176 valence electrons. The van der Waals surface area contributed by atoms with E-state index in [-0.39, 0.29) is 23.7 Å². The van der Waals surface area contributed by atoms with Crippen molar-refractivity contribution in [3.8, 4) is 5.75 Å². The molecule has 0 radical (unpaired) electrons. The number of fused-ring (bicyclic) bond motifs is 4. The van der Waals surface area contributed by atoms with Gasteiger partial charge in [-0.15, -0.1) is 0 Å². The number of pyridine rings is 2. The molecule has 1 amide bonds. The number of hydrogen-bond acceptors (Lipinski definition) is 7. The number of amides is 1. The highest BCUT2D eigenvalue weighted by Gasteiger charge is 2.35. The van der Waals surface area contributed by atoms with Crippen LogP contribution in [0.25, 0.3) is 0 Å². The van der Waals surface area contributed by atoms with Crippen molar-refractivity contribution >= 4 is 5.91 Å². The summed E-state index contributed by atoms with van der Waals surface area (Å²) in [6.07, 6.45) is 4.04. The Labute approximate surface area is 195 Å². The number of piperidine rings is 1. The number of primary amides is 1. The summed E-state index contributed by atoms with van der Waals surface area (Å²) in [6.45, 7) is 2.55. The molecule has 3 aromatic heterocycles. The van der Waals surface area contributed by atoms with E-state index in [1.54, 1.807) is 36.7 Å². The van der Waals surface area contributed by atoms with Crippen LogP contribution in [0.5, 0.6) is 5.75 Å². The van der Waals surface area contributed by atoms with Gasteiger partial charge in [-0.2, -0.15) is 0 Å². The third-order valence-electron chi connectivity index (χ3n) is 6.74. The van der Waals surface area contributed by atoms with Gasteiger partial charge in [-0.1, -0.05) is 12.1 Å². The summed E-state index contributed by atoms with van der Waals surface area (Å²) in [5, 5.41) is 10.5. The smallest absolute Gasteiger partial charge is 0.250 e. The van der Waals surface area contributed by atoms with E-state index in [1.165, 1.54) is 6.07 Å². The number of nitrogens with zero attached hydrogens (tertiary/aromatic N) is 3. The Kier molecular flexibility index (Phi) is 5.79. The Balaban J connectivity index is 1.44. The number of rotatable bonds is 6. The van der Waals surface area contributed by atoms with E-state index in [1.807, 2.05) is 10.6 Å². The first-order chi connectivity index (χ1) is 16.4. The van der Waals surface area contributed by atoms with E-state index in [2.05, 4.69) is 9.88 Å². The van der Waals surface area contributed by atoms with Gasteiger partial charge >= 0.3 is 0 Å². The molecule has 9 nitrogen and oxygen atoms in total. The lowest BCUT2D eigenvalue weighted by atomic mass is 9.83. The van der Waals surface area contributed by atoms with Gasteiger partial charge in [0.05, 0.1) is 12.5 Å². The Morgan fingerprint density at radius 1 is 1.21 bits per heavy atom. The van der Waals surface area contributed by atoms with Crippen molar-refractivity contribution in [2.45, 2.75) is 37.8 Å². The van der Waals surface area contributed by atoms with Crippen molar-refractivity contribution in [1.29, 1.82) is 0 Å². The summed E-state index contributed by atoms with van der Waals surface area (Å²) in [5.41, 5.74) is 6.58. The third-order valence-corrected chi connectivity index (χ3v) is 6.74. The Bertz CT molecular complexity index is 1330. The second-order valence-corrected chi connectivity index (χ2v) is 9.19. The number of carbonyl (C=O) groups excluding carboxylic acids is 1. The predicted molar refractivity (Wildman–Crippen MR) is 123 cm³/mol. The minimum Gasteiger partial charge on any atom is -0.502 e. The van der Waals surface area contributed by atoms with Crippen molar-refractivity contribution in [3.05, 3.63) is 92.1 Å². The second-order valence-electron chi connectivity index (χ2n) is 9.19. The fourth-order valence-electron chi connectivity index (χ4n) is 5.36. The lowest BCUT2D eigenvalue weighted by molar-refractivity contribution is -0.118. The molecule has 0 spiro atoms. The first-order valence-corrected chi connectivity index (χ1v) is 11.3. The van der Waals surface area contributed by atoms with Gasteiger partial charge in [0, 0.05) is 62.2 Å². The molecule has 3 N–H and O–H groups in total. The van der Waals surface area contributed by atoms with E-state index in [4.69, 9.17) is 10.2 Å². The predicted octanol–water partition coefficient (Wildman–Crippen LogP) is 1.53. The molecule has 3 atom stereocenters. The van der Waals surface area contributed by atoms with Crippen molar-refractivity contribution in [3.63, 3.8) is 0 Å². The number of likely N-dealkylation sites (tertiary alicyclic amines) is 1. The van der Waals surface area contributed by atoms with E-state index < -0.39 is 23.0 Å². The van der Waals surface area contributed by atoms with Crippen LogP contribution in [0, 0.1) is 5.92 Å². The zero-order chi connectivity index (χ0) is 23.8. The number of aromatic nitrogens is 2. The Morgan fingerprint density at radius 2 is 2.06 bits per heavy atom. The van der Waals surface area contributed by atoms with Gasteiger partial charge in [-0.05, 0) is 30.0 Å². The van der Waals surface area contributed by atoms with Crippen LogP contribution in [0.4, 0.5) is 0 Å². The molecule has 0 unspecified atom stereocenters. The standard InChI is InChI=1S/C25H26N4O5/c26-22(31)9-19(16-3-2-6-27-10-16)25-24(33)21(30)8-18(34-25)14-28-11-15-7-17(13-28)20-4-1-5-23(32)29(20)12-15/h1-6,8,10,15,17,19,33H,7,9,11-14H2,(H2,26,31)/t15-,17+,19+/m0/s1. The average Bonchev–Trinajstić information content (AvgIpc) is 2.81. The summed E-state index contributed by atoms with van der Waals surface area (Å²) in [5.74, 6) is -0.861. The molecule has 0 aliphatic carbocycles. The highest BCUT2D eigenvalue weighted by molar-refractivity contribution is 5.75. The van der Waals surface area contributed by atoms with E-state index in [0.29, 0.717) is 30.3 Å².